The molecule has 27 heavy (non-hydrogen) atoms. The van der Waals surface area contributed by atoms with Crippen LogP contribution in [-0.4, -0.2) is 71.1 Å². The van der Waals surface area contributed by atoms with Gasteiger partial charge in [-0.2, -0.15) is 0 Å². The highest BCUT2D eigenvalue weighted by Crippen LogP contribution is 2.44. The minimum atomic E-state index is -3.28. The first kappa shape index (κ1) is 21.6. The summed E-state index contributed by atoms with van der Waals surface area (Å²) in [7, 11) is 0. The molecule has 0 aromatic carbocycles. The van der Waals surface area contributed by atoms with Gasteiger partial charge in [0.25, 0.3) is 5.56 Å². The van der Waals surface area contributed by atoms with Gasteiger partial charge in [0, 0.05) is 11.8 Å². The van der Waals surface area contributed by atoms with Crippen molar-refractivity contribution < 1.29 is 34.8 Å². The number of unbranched alkanes of at least 4 members (excludes halogenated alkanes) is 1. The van der Waals surface area contributed by atoms with E-state index < -0.39 is 48.0 Å². The minimum absolute atomic E-state index is 0.0804. The second kappa shape index (κ2) is 7.75. The fourth-order valence-corrected chi connectivity index (χ4v) is 2.97. The van der Waals surface area contributed by atoms with Gasteiger partial charge in [0.2, 0.25) is 5.72 Å². The Kier molecular flexibility index (Phi) is 6.21. The van der Waals surface area contributed by atoms with Crippen LogP contribution in [-0.2, 0) is 10.6 Å². The van der Waals surface area contributed by atoms with Crippen molar-refractivity contribution in [2.75, 3.05) is 6.61 Å². The van der Waals surface area contributed by atoms with Crippen molar-refractivity contribution in [1.29, 1.82) is 0 Å². The summed E-state index contributed by atoms with van der Waals surface area (Å²) in [6.07, 6.45) is -4.70. The fraction of sp³-hybridized carbons (Fsp3) is 0.733. The molecule has 1 aromatic heterocycles. The number of aryl methyl sites for hydroxylation is 1. The Hall–Kier alpha value is -1.67. The third-order valence-corrected chi connectivity index (χ3v) is 4.60. The van der Waals surface area contributed by atoms with Crippen molar-refractivity contribution in [1.82, 2.24) is 14.6 Å². The lowest BCUT2D eigenvalue weighted by Gasteiger charge is -2.43. The third kappa shape index (κ3) is 3.33. The van der Waals surface area contributed by atoms with E-state index in [-0.39, 0.29) is 17.0 Å². The minimum Gasteiger partial charge on any atom is -0.394 e. The zero-order valence-corrected chi connectivity index (χ0v) is 14.9. The molecule has 0 bridgehead atoms. The Labute approximate surface area is 152 Å². The van der Waals surface area contributed by atoms with Gasteiger partial charge in [0.05, 0.1) is 6.61 Å². The van der Waals surface area contributed by atoms with Gasteiger partial charge in [0.1, 0.15) is 12.2 Å². The molecule has 2 rings (SSSR count). The summed E-state index contributed by atoms with van der Waals surface area (Å²) < 4.78 is 19.8. The van der Waals surface area contributed by atoms with Crippen molar-refractivity contribution >= 4 is 0 Å². The van der Waals surface area contributed by atoms with Gasteiger partial charge in [-0.15, -0.1) is 5.06 Å². The van der Waals surface area contributed by atoms with Crippen LogP contribution in [0.3, 0.4) is 0 Å². The number of hydroxylamine groups is 2. The summed E-state index contributed by atoms with van der Waals surface area (Å²) in [4.78, 5) is 25.6. The molecule has 2 heterocycles. The zero-order chi connectivity index (χ0) is 20.6. The van der Waals surface area contributed by atoms with Gasteiger partial charge in [-0.1, -0.05) is 13.3 Å². The standard InChI is InChI=1S/C15H24FN3O8/c1-3-4-5-10(16)19(26)14(24)11(21)9(7-20)27-15(14,25)18-6-8(2)12(22)17-13(18)23/h6,9-11,20-21,24-26H,3-5,7H2,1-2H3,(H,17,22,23)/t9-,10?,11-,14-,15-/m1/s1. The van der Waals surface area contributed by atoms with Crippen molar-refractivity contribution in [2.45, 2.75) is 63.2 Å². The SMILES string of the molecule is CCCCC(F)N(O)[C@@]1(O)[C@H](O)[C@@H](CO)O[C@@]1(O)n1cc(C)c(=O)[nH]c1=O. The number of hydrogen-bond donors (Lipinski definition) is 6. The van der Waals surface area contributed by atoms with Crippen LogP contribution in [0.25, 0.3) is 0 Å². The molecule has 1 unspecified atom stereocenters. The number of aliphatic hydroxyl groups is 4. The summed E-state index contributed by atoms with van der Waals surface area (Å²) in [6, 6.07) is 0. The molecular formula is C15H24FN3O8. The monoisotopic (exact) mass is 393 g/mol. The van der Waals surface area contributed by atoms with E-state index in [0.717, 1.165) is 6.20 Å². The predicted octanol–water partition coefficient (Wildman–Crippen LogP) is -1.93. The first-order valence-electron chi connectivity index (χ1n) is 8.41. The van der Waals surface area contributed by atoms with Crippen LogP contribution in [0, 0.1) is 6.92 Å². The summed E-state index contributed by atoms with van der Waals surface area (Å²) in [6.45, 7) is 2.11. The number of aromatic amines is 1. The molecule has 1 aliphatic heterocycles. The molecule has 0 spiro atoms. The molecule has 1 fully saturated rings. The fourth-order valence-electron chi connectivity index (χ4n) is 2.97. The molecule has 0 radical (unpaired) electrons. The van der Waals surface area contributed by atoms with E-state index in [1.807, 2.05) is 4.98 Å². The lowest BCUT2D eigenvalue weighted by atomic mass is 10.00. The number of rotatable bonds is 7. The highest BCUT2D eigenvalue weighted by atomic mass is 19.1. The van der Waals surface area contributed by atoms with E-state index in [9.17, 15) is 39.6 Å². The average Bonchev–Trinajstić information content (AvgIpc) is 2.84. The molecule has 11 nitrogen and oxygen atoms in total. The maximum atomic E-state index is 14.4. The first-order chi connectivity index (χ1) is 12.5. The topological polar surface area (TPSA) is 168 Å². The molecule has 0 saturated carbocycles. The first-order valence-corrected chi connectivity index (χ1v) is 8.41. The smallest absolute Gasteiger partial charge is 0.332 e. The van der Waals surface area contributed by atoms with Gasteiger partial charge < -0.3 is 30.4 Å². The number of aromatic nitrogens is 2. The second-order valence-corrected chi connectivity index (χ2v) is 6.48. The number of halogens is 1. The largest absolute Gasteiger partial charge is 0.394 e. The second-order valence-electron chi connectivity index (χ2n) is 6.48. The molecule has 154 valence electrons. The number of aliphatic hydroxyl groups excluding tert-OH is 2. The van der Waals surface area contributed by atoms with E-state index in [0.29, 0.717) is 17.4 Å². The van der Waals surface area contributed by atoms with Gasteiger partial charge in [0.15, 0.2) is 6.30 Å². The van der Waals surface area contributed by atoms with Crippen LogP contribution in [0.5, 0.6) is 0 Å². The van der Waals surface area contributed by atoms with Crippen LogP contribution < -0.4 is 11.2 Å². The Morgan fingerprint density at radius 2 is 2.07 bits per heavy atom. The average molecular weight is 393 g/mol. The van der Waals surface area contributed by atoms with Crippen LogP contribution in [0.4, 0.5) is 4.39 Å². The quantitative estimate of drug-likeness (QED) is 0.175. The Bertz CT molecular complexity index is 785. The van der Waals surface area contributed by atoms with Crippen LogP contribution in [0.15, 0.2) is 15.8 Å². The normalized spacial score (nSPS) is 32.2. The lowest BCUT2D eigenvalue weighted by molar-refractivity contribution is -0.428. The van der Waals surface area contributed by atoms with E-state index in [1.165, 1.54) is 6.92 Å². The maximum Gasteiger partial charge on any atom is 0.332 e. The molecule has 1 aliphatic rings. The van der Waals surface area contributed by atoms with Crippen molar-refractivity contribution in [3.63, 3.8) is 0 Å². The summed E-state index contributed by atoms with van der Waals surface area (Å²) in [5.41, 5.74) is -5.40. The molecule has 0 aliphatic carbocycles. The summed E-state index contributed by atoms with van der Waals surface area (Å²) in [5.74, 6) is -3.23. The van der Waals surface area contributed by atoms with Gasteiger partial charge in [-0.3, -0.25) is 9.78 Å². The van der Waals surface area contributed by atoms with Crippen LogP contribution >= 0.6 is 0 Å². The number of H-pyrrole nitrogens is 1. The molecule has 5 atom stereocenters. The molecule has 6 N–H and O–H groups in total. The molecular weight excluding hydrogens is 369 g/mol. The van der Waals surface area contributed by atoms with Gasteiger partial charge in [-0.05, 0) is 19.8 Å². The van der Waals surface area contributed by atoms with E-state index >= 15 is 0 Å². The lowest BCUT2D eigenvalue weighted by Crippen LogP contribution is -2.69. The summed E-state index contributed by atoms with van der Waals surface area (Å²) >= 11 is 0. The predicted molar refractivity (Wildman–Crippen MR) is 87.2 cm³/mol. The molecule has 12 heteroatoms. The highest BCUT2D eigenvalue weighted by Gasteiger charge is 2.71. The molecule has 0 amide bonds. The zero-order valence-electron chi connectivity index (χ0n) is 14.9. The molecule has 1 saturated heterocycles. The van der Waals surface area contributed by atoms with Crippen LogP contribution in [0.2, 0.25) is 0 Å². The van der Waals surface area contributed by atoms with E-state index in [4.69, 9.17) is 4.74 Å². The van der Waals surface area contributed by atoms with E-state index in [2.05, 4.69) is 0 Å². The number of hydrogen-bond acceptors (Lipinski definition) is 9. The van der Waals surface area contributed by atoms with Crippen molar-refractivity contribution in [3.05, 3.63) is 32.6 Å². The Morgan fingerprint density at radius 3 is 2.63 bits per heavy atom. The van der Waals surface area contributed by atoms with Gasteiger partial charge in [-0.25, -0.2) is 13.8 Å². The number of nitrogens with zero attached hydrogens (tertiary/aromatic N) is 2. The summed E-state index contributed by atoms with van der Waals surface area (Å²) in [5, 5.41) is 51.4. The van der Waals surface area contributed by atoms with E-state index in [1.54, 1.807) is 6.92 Å². The number of nitrogens with one attached hydrogen (secondary N) is 1. The number of alkyl halides is 1. The van der Waals surface area contributed by atoms with Crippen LogP contribution in [0.1, 0.15) is 31.7 Å². The third-order valence-electron chi connectivity index (χ3n) is 4.60. The molecule has 1 aromatic rings. The Balaban J connectivity index is 2.62. The maximum absolute atomic E-state index is 14.4. The Morgan fingerprint density at radius 1 is 1.44 bits per heavy atom. The van der Waals surface area contributed by atoms with Gasteiger partial charge >= 0.3 is 11.6 Å². The number of ether oxygens (including phenoxy) is 1. The highest BCUT2D eigenvalue weighted by molar-refractivity contribution is 5.09. The van der Waals surface area contributed by atoms with Crippen molar-refractivity contribution in [3.8, 4) is 0 Å². The van der Waals surface area contributed by atoms with Crippen molar-refractivity contribution in [2.24, 2.45) is 0 Å².